The van der Waals surface area contributed by atoms with Crippen molar-refractivity contribution in [1.82, 2.24) is 24.3 Å². The van der Waals surface area contributed by atoms with E-state index in [4.69, 9.17) is 0 Å². The van der Waals surface area contributed by atoms with E-state index in [0.717, 1.165) is 38.0 Å². The Hall–Kier alpha value is -4.03. The molecule has 3 aliphatic heterocycles. The summed E-state index contributed by atoms with van der Waals surface area (Å²) in [6.45, 7) is 5.24. The van der Waals surface area contributed by atoms with E-state index >= 15 is 0 Å². The van der Waals surface area contributed by atoms with Crippen LogP contribution >= 0.6 is 11.3 Å². The van der Waals surface area contributed by atoms with E-state index in [2.05, 4.69) is 39.2 Å². The van der Waals surface area contributed by atoms with Gasteiger partial charge in [-0.15, -0.1) is 11.3 Å². The molecule has 2 aromatic heterocycles. The maximum absolute atomic E-state index is 14.6. The molecule has 5 heterocycles. The highest BCUT2D eigenvalue weighted by Crippen LogP contribution is 2.41. The van der Waals surface area contributed by atoms with Gasteiger partial charge in [0.2, 0.25) is 0 Å². The summed E-state index contributed by atoms with van der Waals surface area (Å²) < 4.78 is 45.1. The van der Waals surface area contributed by atoms with Crippen LogP contribution in [0, 0.1) is 0 Å². The van der Waals surface area contributed by atoms with E-state index in [-0.39, 0.29) is 41.9 Å². The highest BCUT2D eigenvalue weighted by molar-refractivity contribution is 7.13. The number of carbonyl (C=O) groups is 2. The number of imidazole rings is 1. The van der Waals surface area contributed by atoms with Gasteiger partial charge in [-0.2, -0.15) is 0 Å². The van der Waals surface area contributed by atoms with Gasteiger partial charge in [0.25, 0.3) is 18.2 Å². The first-order chi connectivity index (χ1) is 21.8. The SMILES string of the molecule is CCN1CCC(c2ccc(-c3cc4c(c(C(F)F)c3)CN([C@@H](C(=O)Nc3nccs3)c3ncn5c3C[C@@H](F)C5)C4=O)cc2)CC1. The predicted octanol–water partition coefficient (Wildman–Crippen LogP) is 6.37. The monoisotopic (exact) mass is 634 g/mol. The van der Waals surface area contributed by atoms with E-state index in [1.807, 2.05) is 12.1 Å². The van der Waals surface area contributed by atoms with Gasteiger partial charge in [-0.25, -0.2) is 23.1 Å². The van der Waals surface area contributed by atoms with Crippen LogP contribution in [0.25, 0.3) is 11.1 Å². The molecule has 7 rings (SSSR count). The molecule has 0 unspecified atom stereocenters. The van der Waals surface area contributed by atoms with Crippen LogP contribution < -0.4 is 5.32 Å². The fraction of sp³-hybridized carbons (Fsp3) is 0.394. The van der Waals surface area contributed by atoms with Crippen LogP contribution in [0.3, 0.4) is 0 Å². The summed E-state index contributed by atoms with van der Waals surface area (Å²) in [4.78, 5) is 40.0. The van der Waals surface area contributed by atoms with Crippen molar-refractivity contribution >= 4 is 28.3 Å². The van der Waals surface area contributed by atoms with E-state index in [9.17, 15) is 22.8 Å². The Balaban J connectivity index is 1.21. The molecule has 1 fully saturated rings. The summed E-state index contributed by atoms with van der Waals surface area (Å²) in [5.74, 6) is -0.684. The second-order valence-corrected chi connectivity index (χ2v) is 12.8. The Kier molecular flexibility index (Phi) is 7.95. The van der Waals surface area contributed by atoms with E-state index in [0.29, 0.717) is 22.3 Å². The maximum atomic E-state index is 14.6. The van der Waals surface area contributed by atoms with Crippen molar-refractivity contribution in [3.05, 3.63) is 87.9 Å². The molecule has 0 spiro atoms. The molecule has 0 bridgehead atoms. The second kappa shape index (κ2) is 12.1. The number of rotatable bonds is 8. The predicted molar refractivity (Wildman–Crippen MR) is 165 cm³/mol. The number of carbonyl (C=O) groups excluding carboxylic acids is 2. The minimum absolute atomic E-state index is 0.0471. The third kappa shape index (κ3) is 5.54. The highest BCUT2D eigenvalue weighted by atomic mass is 32.1. The first-order valence-corrected chi connectivity index (χ1v) is 16.2. The van der Waals surface area contributed by atoms with Gasteiger partial charge < -0.3 is 14.4 Å². The molecule has 0 aliphatic carbocycles. The zero-order valence-corrected chi connectivity index (χ0v) is 25.6. The molecule has 2 atom stereocenters. The molecule has 234 valence electrons. The number of anilines is 1. The van der Waals surface area contributed by atoms with Crippen molar-refractivity contribution in [2.75, 3.05) is 25.0 Å². The van der Waals surface area contributed by atoms with Crippen LogP contribution in [0.2, 0.25) is 0 Å². The van der Waals surface area contributed by atoms with Crippen molar-refractivity contribution in [2.24, 2.45) is 0 Å². The number of nitrogens with zero attached hydrogens (tertiary/aromatic N) is 5. The summed E-state index contributed by atoms with van der Waals surface area (Å²) in [7, 11) is 0. The lowest BCUT2D eigenvalue weighted by atomic mass is 9.88. The van der Waals surface area contributed by atoms with Crippen LogP contribution in [0.4, 0.5) is 18.3 Å². The minimum Gasteiger partial charge on any atom is -0.331 e. The van der Waals surface area contributed by atoms with Crippen molar-refractivity contribution in [1.29, 1.82) is 0 Å². The van der Waals surface area contributed by atoms with Gasteiger partial charge in [-0.05, 0) is 72.8 Å². The molecule has 1 saturated heterocycles. The molecule has 12 heteroatoms. The van der Waals surface area contributed by atoms with E-state index in [1.165, 1.54) is 40.4 Å². The fourth-order valence-electron chi connectivity index (χ4n) is 6.95. The Bertz CT molecular complexity index is 1720. The van der Waals surface area contributed by atoms with Gasteiger partial charge >= 0.3 is 0 Å². The Morgan fingerprint density at radius 1 is 1.11 bits per heavy atom. The number of aromatic nitrogens is 3. The lowest BCUT2D eigenvalue weighted by Gasteiger charge is -2.31. The smallest absolute Gasteiger partial charge is 0.264 e. The standard InChI is InChI=1S/C33H33F3N6O2S/c1-2-40-10-7-21(8-11-40)19-3-5-20(6-4-19)22-13-24(30(35)36)26-17-42(32(44)25(26)14-22)29(31(43)39-33-37-9-12-45-33)28-27-15-23(34)16-41(27)18-38-28/h3-6,9,12-14,18,21,23,29-30H,2,7-8,10-11,15-17H2,1H3,(H,37,39,43)/t23-,29-/m1/s1. The Morgan fingerprint density at radius 2 is 1.89 bits per heavy atom. The molecular weight excluding hydrogens is 601 g/mol. The average Bonchev–Trinajstić information content (AvgIpc) is 3.84. The molecule has 45 heavy (non-hydrogen) atoms. The van der Waals surface area contributed by atoms with Gasteiger partial charge in [0, 0.05) is 41.4 Å². The number of likely N-dealkylation sites (tertiary alicyclic amines) is 1. The quantitative estimate of drug-likeness (QED) is 0.244. The van der Waals surface area contributed by atoms with Crippen LogP contribution in [0.5, 0.6) is 0 Å². The third-order valence-corrected chi connectivity index (χ3v) is 10.0. The number of thiazole rings is 1. The lowest BCUT2D eigenvalue weighted by Crippen LogP contribution is -2.38. The molecule has 8 nitrogen and oxygen atoms in total. The zero-order chi connectivity index (χ0) is 31.2. The number of halogens is 3. The van der Waals surface area contributed by atoms with Crippen LogP contribution in [0.15, 0.2) is 54.3 Å². The van der Waals surface area contributed by atoms with E-state index in [1.54, 1.807) is 16.0 Å². The summed E-state index contributed by atoms with van der Waals surface area (Å²) in [6.07, 6.45) is 1.23. The molecule has 0 radical (unpaired) electrons. The summed E-state index contributed by atoms with van der Waals surface area (Å²) >= 11 is 1.21. The van der Waals surface area contributed by atoms with Gasteiger partial charge in [0.15, 0.2) is 11.2 Å². The molecule has 1 N–H and O–H groups in total. The number of piperidine rings is 1. The zero-order valence-electron chi connectivity index (χ0n) is 24.8. The third-order valence-electron chi connectivity index (χ3n) is 9.36. The summed E-state index contributed by atoms with van der Waals surface area (Å²) in [6, 6.07) is 9.81. The summed E-state index contributed by atoms with van der Waals surface area (Å²) in [5.41, 5.74) is 3.30. The molecule has 0 saturated carbocycles. The first-order valence-electron chi connectivity index (χ1n) is 15.3. The van der Waals surface area contributed by atoms with Crippen molar-refractivity contribution in [3.8, 4) is 11.1 Å². The number of fused-ring (bicyclic) bond motifs is 2. The van der Waals surface area contributed by atoms with Crippen LogP contribution in [-0.4, -0.2) is 62.0 Å². The van der Waals surface area contributed by atoms with Crippen LogP contribution in [-0.2, 0) is 24.3 Å². The van der Waals surface area contributed by atoms with Gasteiger partial charge in [0.05, 0.1) is 18.6 Å². The number of benzene rings is 2. The molecule has 4 aromatic rings. The van der Waals surface area contributed by atoms with Crippen molar-refractivity contribution < 1.29 is 22.8 Å². The second-order valence-electron chi connectivity index (χ2n) is 11.9. The molecular formula is C33H33F3N6O2S. The Morgan fingerprint density at radius 3 is 2.58 bits per heavy atom. The number of amides is 2. The largest absolute Gasteiger partial charge is 0.331 e. The number of hydrogen-bond donors (Lipinski definition) is 1. The highest BCUT2D eigenvalue weighted by Gasteiger charge is 2.43. The fourth-order valence-corrected chi connectivity index (χ4v) is 7.48. The normalized spacial score (nSPS) is 19.3. The lowest BCUT2D eigenvalue weighted by molar-refractivity contribution is -0.121. The number of alkyl halides is 3. The summed E-state index contributed by atoms with van der Waals surface area (Å²) in [5, 5.41) is 4.75. The van der Waals surface area contributed by atoms with Gasteiger partial charge in [-0.1, -0.05) is 31.2 Å². The maximum Gasteiger partial charge on any atom is 0.264 e. The first kappa shape index (κ1) is 29.7. The van der Waals surface area contributed by atoms with Gasteiger partial charge in [-0.3, -0.25) is 14.9 Å². The molecule has 3 aliphatic rings. The number of nitrogens with one attached hydrogen (secondary N) is 1. The average molecular weight is 635 g/mol. The molecule has 2 aromatic carbocycles. The van der Waals surface area contributed by atoms with Crippen molar-refractivity contribution in [3.63, 3.8) is 0 Å². The topological polar surface area (TPSA) is 83.4 Å². The van der Waals surface area contributed by atoms with Gasteiger partial charge in [0.1, 0.15) is 6.17 Å². The number of hydrogen-bond acceptors (Lipinski definition) is 6. The van der Waals surface area contributed by atoms with E-state index < -0.39 is 30.5 Å². The Labute approximate surface area is 262 Å². The van der Waals surface area contributed by atoms with Crippen LogP contribution in [0.1, 0.15) is 76.6 Å². The van der Waals surface area contributed by atoms with Crippen molar-refractivity contribution in [2.45, 2.75) is 63.8 Å². The molecule has 2 amide bonds. The minimum atomic E-state index is -2.83.